The lowest BCUT2D eigenvalue weighted by molar-refractivity contribution is -0.184. The highest BCUT2D eigenvalue weighted by molar-refractivity contribution is 7.92. The Morgan fingerprint density at radius 2 is 1.94 bits per heavy atom. The molecule has 3 N–H and O–H groups in total. The highest BCUT2D eigenvalue weighted by atomic mass is 32.2. The molecule has 1 atom stereocenters. The molecule has 1 fully saturated rings. The van der Waals surface area contributed by atoms with Crippen LogP contribution in [0.2, 0.25) is 0 Å². The van der Waals surface area contributed by atoms with Crippen molar-refractivity contribution in [3.63, 3.8) is 0 Å². The van der Waals surface area contributed by atoms with Gasteiger partial charge in [-0.2, -0.15) is 5.10 Å². The van der Waals surface area contributed by atoms with Crippen LogP contribution in [0.3, 0.4) is 0 Å². The normalized spacial score (nSPS) is 16.6. The summed E-state index contributed by atoms with van der Waals surface area (Å²) in [5.41, 5.74) is 2.38. The van der Waals surface area contributed by atoms with Crippen molar-refractivity contribution in [1.82, 2.24) is 15.3 Å². The summed E-state index contributed by atoms with van der Waals surface area (Å²) in [5, 5.41) is 23.6. The van der Waals surface area contributed by atoms with Crippen LogP contribution in [-0.2, 0) is 31.5 Å². The zero-order valence-corrected chi connectivity index (χ0v) is 19.9. The summed E-state index contributed by atoms with van der Waals surface area (Å²) in [6.07, 6.45) is 2.04. The summed E-state index contributed by atoms with van der Waals surface area (Å²) in [7, 11) is -3.87. The van der Waals surface area contributed by atoms with E-state index in [9.17, 15) is 18.3 Å². The maximum absolute atomic E-state index is 15.1. The molecular weight excluding hydrogens is 477 g/mol. The summed E-state index contributed by atoms with van der Waals surface area (Å²) in [6.45, 7) is 1.70. The quantitative estimate of drug-likeness (QED) is 0.265. The Balaban J connectivity index is 1.55. The molecule has 2 aromatic carbocycles. The van der Waals surface area contributed by atoms with Gasteiger partial charge in [0.2, 0.25) is 0 Å². The van der Waals surface area contributed by atoms with Crippen LogP contribution in [0.15, 0.2) is 42.6 Å². The zero-order chi connectivity index (χ0) is 25.4. The lowest BCUT2D eigenvalue weighted by Crippen LogP contribution is -2.49. The van der Waals surface area contributed by atoms with Crippen molar-refractivity contribution in [2.24, 2.45) is 0 Å². The van der Waals surface area contributed by atoms with E-state index in [1.807, 2.05) is 0 Å². The number of aliphatic hydroxyl groups is 1. The van der Waals surface area contributed by atoms with Crippen LogP contribution in [0.5, 0.6) is 0 Å². The number of hydroxylamine groups is 1. The molecule has 2 heterocycles. The number of fused-ring (bicyclic) bond motifs is 1. The van der Waals surface area contributed by atoms with Crippen molar-refractivity contribution < 1.29 is 32.7 Å². The number of carbonyl (C=O) groups is 1. The highest BCUT2D eigenvalue weighted by Crippen LogP contribution is 2.29. The Morgan fingerprint density at radius 1 is 1.26 bits per heavy atom. The topological polar surface area (TPSA) is 131 Å². The zero-order valence-electron chi connectivity index (χ0n) is 19.1. The number of halogens is 1. The molecule has 0 bridgehead atoms. The molecule has 1 aromatic heterocycles. The molecule has 0 radical (unpaired) electrons. The number of ether oxygens (including phenoxy) is 1. The molecule has 1 unspecified atom stereocenters. The van der Waals surface area contributed by atoms with Crippen molar-refractivity contribution in [2.75, 3.05) is 19.5 Å². The smallest absolute Gasteiger partial charge is 0.264 e. The second kappa shape index (κ2) is 9.05. The van der Waals surface area contributed by atoms with Gasteiger partial charge in [0.15, 0.2) is 14.6 Å². The minimum absolute atomic E-state index is 0.00527. The van der Waals surface area contributed by atoms with Crippen LogP contribution in [0, 0.1) is 17.7 Å². The van der Waals surface area contributed by atoms with Crippen LogP contribution in [0.25, 0.3) is 10.9 Å². The second-order valence-corrected chi connectivity index (χ2v) is 11.2. The van der Waals surface area contributed by atoms with Crippen LogP contribution in [0.1, 0.15) is 30.0 Å². The van der Waals surface area contributed by atoms with Crippen molar-refractivity contribution in [2.45, 2.75) is 30.2 Å². The van der Waals surface area contributed by atoms with Gasteiger partial charge in [-0.3, -0.25) is 14.7 Å². The van der Waals surface area contributed by atoms with Gasteiger partial charge in [0, 0.05) is 18.4 Å². The maximum Gasteiger partial charge on any atom is 0.264 e. The van der Waals surface area contributed by atoms with E-state index in [1.165, 1.54) is 29.3 Å². The van der Waals surface area contributed by atoms with Crippen molar-refractivity contribution >= 4 is 26.6 Å². The highest BCUT2D eigenvalue weighted by Gasteiger charge is 2.43. The molecule has 1 amide bonds. The number of hydrogen-bond acceptors (Lipinski definition) is 7. The molecule has 1 saturated heterocycles. The molecule has 184 valence electrons. The Hall–Kier alpha value is -3.30. The van der Waals surface area contributed by atoms with Gasteiger partial charge in [0.1, 0.15) is 11.4 Å². The van der Waals surface area contributed by atoms with Crippen LogP contribution in [-0.4, -0.2) is 58.6 Å². The molecule has 1 aliphatic heterocycles. The molecule has 0 aliphatic carbocycles. The lowest BCUT2D eigenvalue weighted by atomic mass is 9.91. The van der Waals surface area contributed by atoms with Crippen molar-refractivity contribution in [3.8, 4) is 11.8 Å². The summed E-state index contributed by atoms with van der Waals surface area (Å²) in [6, 6.07) is 10.1. The van der Waals surface area contributed by atoms with Crippen molar-refractivity contribution in [3.05, 3.63) is 65.1 Å². The number of nitrogens with zero attached hydrogens (tertiary/aromatic N) is 2. The Bertz CT molecular complexity index is 1450. The van der Waals surface area contributed by atoms with Crippen LogP contribution >= 0.6 is 0 Å². The van der Waals surface area contributed by atoms with Gasteiger partial charge in [-0.05, 0) is 43.2 Å². The van der Waals surface area contributed by atoms with E-state index in [0.29, 0.717) is 11.1 Å². The summed E-state index contributed by atoms with van der Waals surface area (Å²) < 4.78 is 44.0. The van der Waals surface area contributed by atoms with E-state index >= 15 is 4.39 Å². The monoisotopic (exact) mass is 501 g/mol. The molecule has 0 saturated carbocycles. The van der Waals surface area contributed by atoms with Crippen LogP contribution < -0.4 is 5.48 Å². The SMILES string of the molecule is CC(CCn1ncc2c(F)c(C#Cc3ccc(C4(O)COC4)cc3)ccc21)(C(=O)NO)S(C)(=O)=O. The largest absolute Gasteiger partial charge is 0.380 e. The van der Waals surface area contributed by atoms with Gasteiger partial charge >= 0.3 is 0 Å². The lowest BCUT2D eigenvalue weighted by Gasteiger charge is -2.36. The molecular formula is C24H24FN3O6S. The number of benzene rings is 2. The fourth-order valence-electron chi connectivity index (χ4n) is 3.77. The van der Waals surface area contributed by atoms with E-state index in [0.717, 1.165) is 11.8 Å². The van der Waals surface area contributed by atoms with Crippen LogP contribution in [0.4, 0.5) is 4.39 Å². The first-order valence-corrected chi connectivity index (χ1v) is 12.6. The standard InChI is InChI=1S/C24H24FN3O6S/c1-23(22(29)27-31,35(2,32)33)11-12-28-20-10-7-17(21(25)19(20)13-26-28)6-3-16-4-8-18(9-5-16)24(30)14-34-15-24/h4-5,7-10,13,30-31H,11-12,14-15H2,1-2H3,(H,27,29). The first-order chi connectivity index (χ1) is 16.5. The molecule has 11 heteroatoms. The van der Waals surface area contributed by atoms with E-state index in [-0.39, 0.29) is 37.1 Å². The number of carbonyl (C=O) groups excluding carboxylic acids is 1. The Labute approximate surface area is 201 Å². The number of amides is 1. The van der Waals surface area contributed by atoms with Gasteiger partial charge < -0.3 is 9.84 Å². The fraction of sp³-hybridized carbons (Fsp3) is 0.333. The third-order valence-electron chi connectivity index (χ3n) is 6.41. The summed E-state index contributed by atoms with van der Waals surface area (Å²) in [4.78, 5) is 12.0. The number of sulfone groups is 1. The third kappa shape index (κ3) is 4.53. The summed E-state index contributed by atoms with van der Waals surface area (Å²) in [5.74, 6) is 4.09. The van der Waals surface area contributed by atoms with Gasteiger partial charge in [-0.25, -0.2) is 18.3 Å². The maximum atomic E-state index is 15.1. The predicted molar refractivity (Wildman–Crippen MR) is 125 cm³/mol. The minimum Gasteiger partial charge on any atom is -0.380 e. The average molecular weight is 502 g/mol. The number of aryl methyl sites for hydroxylation is 1. The second-order valence-electron chi connectivity index (χ2n) is 8.77. The molecule has 1 aliphatic rings. The molecule has 35 heavy (non-hydrogen) atoms. The number of nitrogens with one attached hydrogen (secondary N) is 1. The predicted octanol–water partition coefficient (Wildman–Crippen LogP) is 1.49. The van der Waals surface area contributed by atoms with E-state index in [2.05, 4.69) is 16.9 Å². The van der Waals surface area contributed by atoms with Gasteiger partial charge in [-0.15, -0.1) is 0 Å². The molecule has 0 spiro atoms. The Kier molecular flexibility index (Phi) is 6.42. The van der Waals surface area contributed by atoms with Crippen molar-refractivity contribution in [1.29, 1.82) is 0 Å². The van der Waals surface area contributed by atoms with E-state index < -0.39 is 31.9 Å². The molecule has 3 aromatic rings. The fourth-order valence-corrected chi connectivity index (χ4v) is 4.61. The van der Waals surface area contributed by atoms with E-state index in [4.69, 9.17) is 9.94 Å². The first-order valence-electron chi connectivity index (χ1n) is 10.7. The van der Waals surface area contributed by atoms with Gasteiger partial charge in [0.25, 0.3) is 5.91 Å². The number of aromatic nitrogens is 2. The Morgan fingerprint density at radius 3 is 2.51 bits per heavy atom. The van der Waals surface area contributed by atoms with Gasteiger partial charge in [0.05, 0.1) is 35.9 Å². The molecule has 4 rings (SSSR count). The summed E-state index contributed by atoms with van der Waals surface area (Å²) >= 11 is 0. The minimum atomic E-state index is -3.87. The number of hydrogen-bond donors (Lipinski definition) is 3. The number of rotatable bonds is 6. The first kappa shape index (κ1) is 24.8. The average Bonchev–Trinajstić information content (AvgIpc) is 3.23. The van der Waals surface area contributed by atoms with Gasteiger partial charge in [-0.1, -0.05) is 24.0 Å². The molecule has 9 nitrogen and oxygen atoms in total. The van der Waals surface area contributed by atoms with E-state index in [1.54, 1.807) is 30.3 Å². The third-order valence-corrected chi connectivity index (χ3v) is 8.43.